The summed E-state index contributed by atoms with van der Waals surface area (Å²) in [7, 11) is 0.862. The molecule has 19 heavy (non-hydrogen) atoms. The van der Waals surface area contributed by atoms with Crippen molar-refractivity contribution < 1.29 is 5.11 Å². The van der Waals surface area contributed by atoms with E-state index in [-0.39, 0.29) is 7.92 Å². The zero-order valence-corrected chi connectivity index (χ0v) is 16.3. The molecule has 0 aromatic carbocycles. The third-order valence-corrected chi connectivity index (χ3v) is 12.5. The molecule has 0 fully saturated rings. The van der Waals surface area contributed by atoms with E-state index in [4.69, 9.17) is 5.11 Å². The molecule has 0 heterocycles. The van der Waals surface area contributed by atoms with Crippen LogP contribution in [0, 0.1) is 0 Å². The zero-order valence-electron chi connectivity index (χ0n) is 13.6. The van der Waals surface area contributed by atoms with E-state index in [1.807, 2.05) is 0 Å². The first kappa shape index (κ1) is 20.2. The van der Waals surface area contributed by atoms with Gasteiger partial charge < -0.3 is 5.11 Å². The van der Waals surface area contributed by atoms with Crippen molar-refractivity contribution in [3.63, 3.8) is 0 Å². The Morgan fingerprint density at radius 1 is 0.579 bits per heavy atom. The molecule has 0 rings (SSSR count). The molecule has 0 saturated heterocycles. The van der Waals surface area contributed by atoms with Crippen LogP contribution in [0.4, 0.5) is 0 Å². The molecule has 1 nitrogen and oxygen atoms in total. The highest BCUT2D eigenvalue weighted by Crippen LogP contribution is 2.46. The normalized spacial score (nSPS) is 12.0. The molecule has 0 aliphatic carbocycles. The molecule has 116 valence electrons. The highest BCUT2D eigenvalue weighted by molar-refractivity contribution is 7.63. The van der Waals surface area contributed by atoms with Crippen molar-refractivity contribution in [2.75, 3.05) is 62.1 Å². The number of aliphatic hydroxyl groups excluding tert-OH is 1. The van der Waals surface area contributed by atoms with E-state index >= 15 is 0 Å². The van der Waals surface area contributed by atoms with Crippen molar-refractivity contribution in [3.05, 3.63) is 0 Å². The topological polar surface area (TPSA) is 20.2 Å². The summed E-state index contributed by atoms with van der Waals surface area (Å²) in [5, 5.41) is 9.07. The molecular weight excluding hydrogens is 289 g/mol. The summed E-state index contributed by atoms with van der Waals surface area (Å²) in [5.41, 5.74) is 0. The second-order valence-corrected chi connectivity index (χ2v) is 13.8. The molecule has 0 aliphatic rings. The van der Waals surface area contributed by atoms with Crippen molar-refractivity contribution in [1.29, 1.82) is 0 Å². The van der Waals surface area contributed by atoms with Crippen LogP contribution in [0.2, 0.25) is 0 Å². The first-order chi connectivity index (χ1) is 9.21. The van der Waals surface area contributed by atoms with Crippen molar-refractivity contribution in [1.82, 2.24) is 0 Å². The van der Waals surface area contributed by atoms with Gasteiger partial charge in [0.25, 0.3) is 0 Å². The lowest BCUT2D eigenvalue weighted by Crippen LogP contribution is -2.05. The number of hydrogen-bond donors (Lipinski definition) is 1. The Morgan fingerprint density at radius 2 is 0.947 bits per heavy atom. The Morgan fingerprint density at radius 3 is 1.26 bits per heavy atom. The van der Waals surface area contributed by atoms with Gasteiger partial charge >= 0.3 is 0 Å². The predicted octanol–water partition coefficient (Wildman–Crippen LogP) is 4.89. The Labute approximate surface area is 125 Å². The second kappa shape index (κ2) is 14.2. The summed E-state index contributed by atoms with van der Waals surface area (Å²) >= 11 is 0. The zero-order chi connectivity index (χ0) is 14.5. The molecule has 0 aliphatic heterocycles. The minimum absolute atomic E-state index is 0.218. The van der Waals surface area contributed by atoms with E-state index in [9.17, 15) is 0 Å². The molecule has 0 atom stereocenters. The van der Waals surface area contributed by atoms with Crippen molar-refractivity contribution in [2.24, 2.45) is 0 Å². The maximum Gasteiger partial charge on any atom is 0.0434 e. The Balaban J connectivity index is 4.06. The number of aliphatic hydroxyl groups is 1. The standard InChI is InChI=1S/C15H35OP3/c1-5-17(6-2)12-14-19(11-9-10-16)15-13-18(7-3)8-4/h16H,5-15H2,1-4H3. The minimum Gasteiger partial charge on any atom is -0.396 e. The van der Waals surface area contributed by atoms with Crippen molar-refractivity contribution in [2.45, 2.75) is 34.1 Å². The van der Waals surface area contributed by atoms with Gasteiger partial charge in [0, 0.05) is 6.61 Å². The van der Waals surface area contributed by atoms with Gasteiger partial charge in [-0.2, -0.15) is 0 Å². The van der Waals surface area contributed by atoms with Gasteiger partial charge in [0.2, 0.25) is 0 Å². The third-order valence-electron chi connectivity index (χ3n) is 3.89. The summed E-state index contributed by atoms with van der Waals surface area (Å²) in [6.07, 6.45) is 14.0. The molecule has 0 spiro atoms. The molecule has 0 aromatic rings. The van der Waals surface area contributed by atoms with Crippen LogP contribution in [0.3, 0.4) is 0 Å². The molecular formula is C15H35OP3. The molecule has 0 saturated carbocycles. The van der Waals surface area contributed by atoms with Crippen LogP contribution in [0.15, 0.2) is 0 Å². The average Bonchev–Trinajstić information content (AvgIpc) is 2.45. The van der Waals surface area contributed by atoms with Gasteiger partial charge in [-0.3, -0.25) is 0 Å². The van der Waals surface area contributed by atoms with E-state index in [1.165, 1.54) is 55.5 Å². The van der Waals surface area contributed by atoms with Crippen LogP contribution in [-0.2, 0) is 0 Å². The lowest BCUT2D eigenvalue weighted by atomic mass is 10.5. The highest BCUT2D eigenvalue weighted by atomic mass is 31.1. The Kier molecular flexibility index (Phi) is 15.1. The lowest BCUT2D eigenvalue weighted by Gasteiger charge is -2.23. The van der Waals surface area contributed by atoms with E-state index in [0.29, 0.717) is 22.5 Å². The number of rotatable bonds is 13. The average molecular weight is 324 g/mol. The first-order valence-electron chi connectivity index (χ1n) is 7.99. The summed E-state index contributed by atoms with van der Waals surface area (Å²) in [5.74, 6) is 0. The van der Waals surface area contributed by atoms with Gasteiger partial charge in [-0.25, -0.2) is 0 Å². The van der Waals surface area contributed by atoms with Gasteiger partial charge in [-0.1, -0.05) is 27.7 Å². The van der Waals surface area contributed by atoms with Gasteiger partial charge in [-0.05, 0) is 61.9 Å². The second-order valence-electron chi connectivity index (χ2n) is 4.97. The molecule has 4 heteroatoms. The lowest BCUT2D eigenvalue weighted by molar-refractivity contribution is 0.296. The van der Waals surface area contributed by atoms with Crippen LogP contribution in [-0.4, -0.2) is 67.2 Å². The fourth-order valence-corrected chi connectivity index (χ4v) is 10.2. The Hall–Kier alpha value is 1.25. The summed E-state index contributed by atoms with van der Waals surface area (Å²) < 4.78 is 0. The summed E-state index contributed by atoms with van der Waals surface area (Å²) in [6, 6.07) is 0. The minimum atomic E-state index is 0.218. The van der Waals surface area contributed by atoms with Crippen LogP contribution in [0.25, 0.3) is 0 Å². The maximum absolute atomic E-state index is 9.07. The fourth-order valence-electron chi connectivity index (χ4n) is 2.28. The SMILES string of the molecule is CCP(CC)CCP(CCCO)CCP(CC)CC. The van der Waals surface area contributed by atoms with Gasteiger partial charge in [0.05, 0.1) is 0 Å². The summed E-state index contributed by atoms with van der Waals surface area (Å²) in [4.78, 5) is 0. The molecule has 0 bridgehead atoms. The quantitative estimate of drug-likeness (QED) is 0.478. The number of hydrogen-bond acceptors (Lipinski definition) is 1. The molecule has 0 aromatic heterocycles. The highest BCUT2D eigenvalue weighted by Gasteiger charge is 2.12. The van der Waals surface area contributed by atoms with E-state index in [0.717, 1.165) is 6.42 Å². The molecule has 0 amide bonds. The van der Waals surface area contributed by atoms with E-state index < -0.39 is 0 Å². The molecule has 0 unspecified atom stereocenters. The van der Waals surface area contributed by atoms with Gasteiger partial charge in [0.1, 0.15) is 0 Å². The first-order valence-corrected chi connectivity index (χ1v) is 13.7. The van der Waals surface area contributed by atoms with Crippen LogP contribution in [0.5, 0.6) is 0 Å². The van der Waals surface area contributed by atoms with Crippen LogP contribution < -0.4 is 0 Å². The van der Waals surface area contributed by atoms with E-state index in [2.05, 4.69) is 27.7 Å². The van der Waals surface area contributed by atoms with E-state index in [1.54, 1.807) is 0 Å². The van der Waals surface area contributed by atoms with Crippen molar-refractivity contribution in [3.8, 4) is 0 Å². The predicted molar refractivity (Wildman–Crippen MR) is 99.0 cm³/mol. The maximum atomic E-state index is 9.07. The smallest absolute Gasteiger partial charge is 0.0434 e. The van der Waals surface area contributed by atoms with Crippen LogP contribution >= 0.6 is 23.8 Å². The van der Waals surface area contributed by atoms with Gasteiger partial charge in [0.15, 0.2) is 0 Å². The summed E-state index contributed by atoms with van der Waals surface area (Å²) in [6.45, 7) is 9.83. The largest absolute Gasteiger partial charge is 0.396 e. The fraction of sp³-hybridized carbons (Fsp3) is 1.00. The molecule has 1 N–H and O–H groups in total. The Bertz CT molecular complexity index is 166. The third kappa shape index (κ3) is 10.6. The van der Waals surface area contributed by atoms with Crippen LogP contribution in [0.1, 0.15) is 34.1 Å². The molecule has 0 radical (unpaired) electrons. The van der Waals surface area contributed by atoms with Crippen molar-refractivity contribution >= 4 is 23.8 Å². The monoisotopic (exact) mass is 324 g/mol. The van der Waals surface area contributed by atoms with Gasteiger partial charge in [-0.15, -0.1) is 23.8 Å².